The van der Waals surface area contributed by atoms with Gasteiger partial charge in [0.15, 0.2) is 0 Å². The molecule has 1 aromatic carbocycles. The molecule has 0 bridgehead atoms. The van der Waals surface area contributed by atoms with Crippen molar-refractivity contribution in [3.05, 3.63) is 48.0 Å². The molecule has 4 heteroatoms. The van der Waals surface area contributed by atoms with Crippen LogP contribution in [0.15, 0.2) is 36.5 Å². The molecule has 18 heavy (non-hydrogen) atoms. The van der Waals surface area contributed by atoms with Gasteiger partial charge in [-0.25, -0.2) is 4.98 Å². The van der Waals surface area contributed by atoms with E-state index in [2.05, 4.69) is 9.55 Å². The lowest BCUT2D eigenvalue weighted by molar-refractivity contribution is 0.317. The maximum atomic E-state index is 5.66. The van der Waals surface area contributed by atoms with Gasteiger partial charge in [0.2, 0.25) is 0 Å². The van der Waals surface area contributed by atoms with E-state index in [0.717, 1.165) is 24.4 Å². The minimum absolute atomic E-state index is 0.636. The molecule has 0 aliphatic heterocycles. The first-order valence-corrected chi connectivity index (χ1v) is 6.18. The van der Waals surface area contributed by atoms with Crippen molar-refractivity contribution in [3.8, 4) is 5.75 Å². The summed E-state index contributed by atoms with van der Waals surface area (Å²) >= 11 is 0. The number of ether oxygens (including phenoxy) is 1. The summed E-state index contributed by atoms with van der Waals surface area (Å²) in [5.41, 5.74) is 6.72. The predicted octanol–water partition coefficient (Wildman–Crippen LogP) is 1.54. The Bertz CT molecular complexity index is 479. The lowest BCUT2D eigenvalue weighted by Crippen LogP contribution is -2.10. The molecule has 0 spiro atoms. The Hall–Kier alpha value is -1.81. The number of nitrogens with zero attached hydrogens (tertiary/aromatic N) is 2. The summed E-state index contributed by atoms with van der Waals surface area (Å²) in [6.45, 7) is 1.29. The molecule has 0 unspecified atom stereocenters. The summed E-state index contributed by atoms with van der Waals surface area (Å²) in [7, 11) is 2.02. The van der Waals surface area contributed by atoms with Gasteiger partial charge in [-0.2, -0.15) is 0 Å². The van der Waals surface area contributed by atoms with E-state index >= 15 is 0 Å². The second-order valence-electron chi connectivity index (χ2n) is 4.17. The first-order valence-electron chi connectivity index (χ1n) is 6.18. The van der Waals surface area contributed by atoms with E-state index in [-0.39, 0.29) is 0 Å². The van der Waals surface area contributed by atoms with Crippen LogP contribution in [0.5, 0.6) is 5.75 Å². The fourth-order valence-electron chi connectivity index (χ4n) is 1.88. The number of para-hydroxylation sites is 1. The van der Waals surface area contributed by atoms with Gasteiger partial charge in [0.25, 0.3) is 0 Å². The van der Waals surface area contributed by atoms with E-state index in [4.69, 9.17) is 10.5 Å². The number of hydrogen-bond acceptors (Lipinski definition) is 3. The Morgan fingerprint density at radius 3 is 2.72 bits per heavy atom. The third-order valence-corrected chi connectivity index (χ3v) is 2.92. The number of nitrogens with two attached hydrogens (primary N) is 1. The average Bonchev–Trinajstić information content (AvgIpc) is 2.73. The number of benzene rings is 1. The molecule has 2 rings (SSSR count). The van der Waals surface area contributed by atoms with Crippen LogP contribution in [-0.4, -0.2) is 22.7 Å². The van der Waals surface area contributed by atoms with E-state index in [1.165, 1.54) is 5.69 Å². The van der Waals surface area contributed by atoms with Crippen molar-refractivity contribution in [2.24, 2.45) is 12.8 Å². The average molecular weight is 245 g/mol. The van der Waals surface area contributed by atoms with Crippen molar-refractivity contribution in [1.82, 2.24) is 9.55 Å². The van der Waals surface area contributed by atoms with Crippen LogP contribution in [0.3, 0.4) is 0 Å². The molecule has 0 saturated heterocycles. The SMILES string of the molecule is Cn1c(CCN)cnc1CCOc1ccccc1. The number of imidazole rings is 1. The second kappa shape index (κ2) is 6.21. The molecule has 0 aliphatic carbocycles. The van der Waals surface area contributed by atoms with Crippen molar-refractivity contribution in [1.29, 1.82) is 0 Å². The molecule has 96 valence electrons. The third-order valence-electron chi connectivity index (χ3n) is 2.92. The molecule has 0 amide bonds. The number of hydrogen-bond donors (Lipinski definition) is 1. The third kappa shape index (κ3) is 3.11. The highest BCUT2D eigenvalue weighted by atomic mass is 16.5. The van der Waals surface area contributed by atoms with Gasteiger partial charge >= 0.3 is 0 Å². The highest BCUT2D eigenvalue weighted by molar-refractivity contribution is 5.20. The van der Waals surface area contributed by atoms with Crippen LogP contribution in [0.2, 0.25) is 0 Å². The van der Waals surface area contributed by atoms with Crippen LogP contribution >= 0.6 is 0 Å². The highest BCUT2D eigenvalue weighted by Crippen LogP contribution is 2.09. The van der Waals surface area contributed by atoms with Crippen molar-refractivity contribution >= 4 is 0 Å². The summed E-state index contributed by atoms with van der Waals surface area (Å²) in [5, 5.41) is 0. The van der Waals surface area contributed by atoms with Crippen molar-refractivity contribution in [3.63, 3.8) is 0 Å². The molecule has 1 heterocycles. The minimum atomic E-state index is 0.636. The lowest BCUT2D eigenvalue weighted by atomic mass is 10.3. The summed E-state index contributed by atoms with van der Waals surface area (Å²) < 4.78 is 7.75. The maximum Gasteiger partial charge on any atom is 0.119 e. The van der Waals surface area contributed by atoms with Gasteiger partial charge < -0.3 is 15.0 Å². The van der Waals surface area contributed by atoms with Gasteiger partial charge in [-0.3, -0.25) is 0 Å². The van der Waals surface area contributed by atoms with Crippen LogP contribution in [0.4, 0.5) is 0 Å². The number of rotatable bonds is 6. The van der Waals surface area contributed by atoms with E-state index in [0.29, 0.717) is 13.2 Å². The monoisotopic (exact) mass is 245 g/mol. The zero-order valence-corrected chi connectivity index (χ0v) is 10.7. The predicted molar refractivity (Wildman–Crippen MR) is 71.6 cm³/mol. The molecule has 0 fully saturated rings. The van der Waals surface area contributed by atoms with Crippen LogP contribution < -0.4 is 10.5 Å². The Labute approximate surface area is 107 Å². The quantitative estimate of drug-likeness (QED) is 0.840. The molecule has 1 aromatic heterocycles. The summed E-state index contributed by atoms with van der Waals surface area (Å²) in [5.74, 6) is 1.93. The van der Waals surface area contributed by atoms with E-state index in [1.807, 2.05) is 43.6 Å². The van der Waals surface area contributed by atoms with Crippen molar-refractivity contribution < 1.29 is 4.74 Å². The molecule has 0 aliphatic rings. The first kappa shape index (κ1) is 12.6. The van der Waals surface area contributed by atoms with Crippen LogP contribution in [0, 0.1) is 0 Å². The first-order chi connectivity index (χ1) is 8.81. The van der Waals surface area contributed by atoms with Crippen molar-refractivity contribution in [2.45, 2.75) is 12.8 Å². The van der Waals surface area contributed by atoms with E-state index in [9.17, 15) is 0 Å². The van der Waals surface area contributed by atoms with Crippen LogP contribution in [-0.2, 0) is 19.9 Å². The molecule has 0 atom stereocenters. The fourth-order valence-corrected chi connectivity index (χ4v) is 1.88. The molecule has 2 N–H and O–H groups in total. The second-order valence-corrected chi connectivity index (χ2v) is 4.17. The maximum absolute atomic E-state index is 5.66. The minimum Gasteiger partial charge on any atom is -0.493 e. The standard InChI is InChI=1S/C14H19N3O/c1-17-12(7-9-15)11-16-14(17)8-10-18-13-5-3-2-4-6-13/h2-6,11H,7-10,15H2,1H3. The Kier molecular flexibility index (Phi) is 4.36. The van der Waals surface area contributed by atoms with Gasteiger partial charge in [-0.15, -0.1) is 0 Å². The van der Waals surface area contributed by atoms with Crippen molar-refractivity contribution in [2.75, 3.05) is 13.2 Å². The molecular weight excluding hydrogens is 226 g/mol. The summed E-state index contributed by atoms with van der Waals surface area (Å²) in [6, 6.07) is 9.83. The van der Waals surface area contributed by atoms with Gasteiger partial charge in [-0.1, -0.05) is 18.2 Å². The van der Waals surface area contributed by atoms with E-state index < -0.39 is 0 Å². The highest BCUT2D eigenvalue weighted by Gasteiger charge is 2.05. The van der Waals surface area contributed by atoms with Crippen LogP contribution in [0.1, 0.15) is 11.5 Å². The lowest BCUT2D eigenvalue weighted by Gasteiger charge is -2.07. The Morgan fingerprint density at radius 1 is 1.22 bits per heavy atom. The van der Waals surface area contributed by atoms with Gasteiger partial charge in [0, 0.05) is 31.8 Å². The smallest absolute Gasteiger partial charge is 0.119 e. The largest absolute Gasteiger partial charge is 0.493 e. The van der Waals surface area contributed by atoms with Gasteiger partial charge in [-0.05, 0) is 18.7 Å². The molecule has 0 radical (unpaired) electrons. The van der Waals surface area contributed by atoms with E-state index in [1.54, 1.807) is 0 Å². The van der Waals surface area contributed by atoms with Gasteiger partial charge in [0.05, 0.1) is 6.61 Å². The molecule has 0 saturated carbocycles. The fraction of sp³-hybridized carbons (Fsp3) is 0.357. The molecular formula is C14H19N3O. The van der Waals surface area contributed by atoms with Gasteiger partial charge in [0.1, 0.15) is 11.6 Å². The molecule has 2 aromatic rings. The Morgan fingerprint density at radius 2 is 2.00 bits per heavy atom. The molecule has 4 nitrogen and oxygen atoms in total. The Balaban J connectivity index is 1.87. The topological polar surface area (TPSA) is 53.1 Å². The zero-order chi connectivity index (χ0) is 12.8. The summed E-state index contributed by atoms with van der Waals surface area (Å²) in [4.78, 5) is 4.39. The normalized spacial score (nSPS) is 10.6. The van der Waals surface area contributed by atoms with Crippen LogP contribution in [0.25, 0.3) is 0 Å². The number of aromatic nitrogens is 2. The summed E-state index contributed by atoms with van der Waals surface area (Å²) in [6.07, 6.45) is 3.56. The zero-order valence-electron chi connectivity index (χ0n) is 10.7.